The number of benzene rings is 1. The van der Waals surface area contributed by atoms with Crippen molar-refractivity contribution in [2.45, 2.75) is 6.10 Å². The molecular weight excluding hydrogens is 299 g/mol. The van der Waals surface area contributed by atoms with E-state index in [2.05, 4.69) is 21.2 Å². The molecule has 0 aliphatic rings. The van der Waals surface area contributed by atoms with Crippen LogP contribution in [0.2, 0.25) is 0 Å². The molecule has 7 heteroatoms. The maximum atomic E-state index is 10.6. The molecule has 1 unspecified atom stereocenters. The van der Waals surface area contributed by atoms with E-state index in [0.29, 0.717) is 10.2 Å². The van der Waals surface area contributed by atoms with E-state index in [9.17, 15) is 15.2 Å². The highest BCUT2D eigenvalue weighted by Gasteiger charge is 2.12. The monoisotopic (exact) mass is 308 g/mol. The van der Waals surface area contributed by atoms with Crippen LogP contribution < -0.4 is 5.32 Å². The van der Waals surface area contributed by atoms with Crippen molar-refractivity contribution in [2.24, 2.45) is 0 Å². The number of nitrogens with zero attached hydrogens (tertiary/aromatic N) is 1. The molecule has 0 spiro atoms. The SMILES string of the molecule is O=[N+]([O-])c1cc(NCC(O)CCl)ccc1Br. The minimum atomic E-state index is -0.677. The zero-order valence-electron chi connectivity index (χ0n) is 8.19. The predicted molar refractivity (Wildman–Crippen MR) is 66.0 cm³/mol. The summed E-state index contributed by atoms with van der Waals surface area (Å²) in [4.78, 5) is 10.2. The predicted octanol–water partition coefficient (Wildman–Crippen LogP) is 2.37. The lowest BCUT2D eigenvalue weighted by Gasteiger charge is -2.09. The molecule has 1 atom stereocenters. The van der Waals surface area contributed by atoms with Crippen LogP contribution in [0.15, 0.2) is 22.7 Å². The smallest absolute Gasteiger partial charge is 0.285 e. The maximum Gasteiger partial charge on any atom is 0.285 e. The van der Waals surface area contributed by atoms with Crippen LogP contribution in [-0.2, 0) is 0 Å². The molecule has 0 amide bonds. The summed E-state index contributed by atoms with van der Waals surface area (Å²) in [6, 6.07) is 4.65. The number of hydrogen-bond acceptors (Lipinski definition) is 4. The molecule has 5 nitrogen and oxygen atoms in total. The van der Waals surface area contributed by atoms with Gasteiger partial charge >= 0.3 is 0 Å². The van der Waals surface area contributed by atoms with Crippen LogP contribution in [0.4, 0.5) is 11.4 Å². The highest BCUT2D eigenvalue weighted by atomic mass is 79.9. The summed E-state index contributed by atoms with van der Waals surface area (Å²) in [7, 11) is 0. The molecule has 0 aliphatic heterocycles. The van der Waals surface area contributed by atoms with Crippen LogP contribution in [0.3, 0.4) is 0 Å². The van der Waals surface area contributed by atoms with Crippen molar-refractivity contribution < 1.29 is 10.0 Å². The quantitative estimate of drug-likeness (QED) is 0.497. The van der Waals surface area contributed by atoms with E-state index in [4.69, 9.17) is 11.6 Å². The summed E-state index contributed by atoms with van der Waals surface area (Å²) in [5, 5.41) is 22.7. The molecule has 1 aromatic carbocycles. The van der Waals surface area contributed by atoms with Crippen LogP contribution in [0.25, 0.3) is 0 Å². The second kappa shape index (κ2) is 6.03. The minimum Gasteiger partial charge on any atom is -0.390 e. The van der Waals surface area contributed by atoms with Crippen molar-refractivity contribution in [2.75, 3.05) is 17.7 Å². The van der Waals surface area contributed by atoms with E-state index in [1.165, 1.54) is 6.07 Å². The number of aliphatic hydroxyl groups is 1. The molecule has 0 saturated heterocycles. The first-order chi connectivity index (χ1) is 7.54. The van der Waals surface area contributed by atoms with Crippen molar-refractivity contribution in [3.63, 3.8) is 0 Å². The van der Waals surface area contributed by atoms with E-state index in [0.717, 1.165) is 0 Å². The third-order valence-electron chi connectivity index (χ3n) is 1.86. The Bertz CT molecular complexity index is 389. The number of rotatable bonds is 5. The van der Waals surface area contributed by atoms with Gasteiger partial charge in [-0.15, -0.1) is 11.6 Å². The van der Waals surface area contributed by atoms with E-state index in [1.807, 2.05) is 0 Å². The number of aliphatic hydroxyl groups excluding tert-OH is 1. The number of anilines is 1. The number of nitro benzene ring substituents is 1. The van der Waals surface area contributed by atoms with Gasteiger partial charge in [-0.25, -0.2) is 0 Å². The van der Waals surface area contributed by atoms with E-state index < -0.39 is 11.0 Å². The van der Waals surface area contributed by atoms with E-state index >= 15 is 0 Å². The number of hydrogen-bond donors (Lipinski definition) is 2. The first-order valence-electron chi connectivity index (χ1n) is 4.46. The molecule has 0 aliphatic carbocycles. The molecular formula is C9H10BrClN2O3. The number of halogens is 2. The topological polar surface area (TPSA) is 75.4 Å². The van der Waals surface area contributed by atoms with Gasteiger partial charge in [0.1, 0.15) is 0 Å². The fourth-order valence-corrected chi connectivity index (χ4v) is 1.55. The fourth-order valence-electron chi connectivity index (χ4n) is 1.05. The Balaban J connectivity index is 2.75. The summed E-state index contributed by atoms with van der Waals surface area (Å²) < 4.78 is 0.418. The molecule has 0 fully saturated rings. The third-order valence-corrected chi connectivity index (χ3v) is 2.89. The Labute approximate surface area is 106 Å². The van der Waals surface area contributed by atoms with Gasteiger partial charge in [-0.3, -0.25) is 10.1 Å². The average Bonchev–Trinajstić information content (AvgIpc) is 2.27. The van der Waals surface area contributed by atoms with Gasteiger partial charge < -0.3 is 10.4 Å². The Kier molecular flexibility index (Phi) is 4.98. The van der Waals surface area contributed by atoms with Gasteiger partial charge in [0.15, 0.2) is 0 Å². The summed E-state index contributed by atoms with van der Waals surface area (Å²) >= 11 is 8.50. The standard InChI is InChI=1S/C9H10BrClN2O3/c10-8-2-1-6(3-9(8)13(15)16)12-5-7(14)4-11/h1-3,7,12,14H,4-5H2. The average molecular weight is 310 g/mol. The fraction of sp³-hybridized carbons (Fsp3) is 0.333. The van der Waals surface area contributed by atoms with Gasteiger partial charge in [0.05, 0.1) is 21.4 Å². The largest absolute Gasteiger partial charge is 0.390 e. The Morgan fingerprint density at radius 3 is 2.88 bits per heavy atom. The van der Waals surface area contributed by atoms with Crippen LogP contribution in [0.1, 0.15) is 0 Å². The molecule has 1 aromatic rings. The number of nitrogens with one attached hydrogen (secondary N) is 1. The van der Waals surface area contributed by atoms with Crippen molar-refractivity contribution in [1.82, 2.24) is 0 Å². The van der Waals surface area contributed by atoms with Gasteiger partial charge in [0.2, 0.25) is 0 Å². The first kappa shape index (κ1) is 13.2. The second-order valence-electron chi connectivity index (χ2n) is 3.11. The molecule has 2 N–H and O–H groups in total. The van der Waals surface area contributed by atoms with Crippen LogP contribution in [0.5, 0.6) is 0 Å². The summed E-state index contributed by atoms with van der Waals surface area (Å²) in [5.41, 5.74) is 0.546. The van der Waals surface area contributed by atoms with Crippen molar-refractivity contribution >= 4 is 38.9 Å². The summed E-state index contributed by atoms with van der Waals surface area (Å²) in [6.07, 6.45) is -0.677. The lowest BCUT2D eigenvalue weighted by molar-refractivity contribution is -0.385. The van der Waals surface area contributed by atoms with Crippen molar-refractivity contribution in [3.05, 3.63) is 32.8 Å². The molecule has 0 aromatic heterocycles. The highest BCUT2D eigenvalue weighted by Crippen LogP contribution is 2.27. The molecule has 0 bridgehead atoms. The van der Waals surface area contributed by atoms with Crippen LogP contribution >= 0.6 is 27.5 Å². The summed E-state index contributed by atoms with van der Waals surface area (Å²) in [6.45, 7) is 0.252. The molecule has 88 valence electrons. The van der Waals surface area contributed by atoms with Crippen LogP contribution in [-0.4, -0.2) is 28.6 Å². The van der Waals surface area contributed by atoms with Gasteiger partial charge in [0.25, 0.3) is 5.69 Å². The molecule has 0 heterocycles. The summed E-state index contributed by atoms with van der Waals surface area (Å²) in [5.74, 6) is 0.117. The minimum absolute atomic E-state index is 0.0228. The normalized spacial score (nSPS) is 12.2. The van der Waals surface area contributed by atoms with Gasteiger partial charge in [0, 0.05) is 18.3 Å². The van der Waals surface area contributed by atoms with Crippen LogP contribution in [0, 0.1) is 10.1 Å². The molecule has 1 rings (SSSR count). The van der Waals surface area contributed by atoms with Crippen molar-refractivity contribution in [1.29, 1.82) is 0 Å². The lowest BCUT2D eigenvalue weighted by atomic mass is 10.2. The molecule has 0 radical (unpaired) electrons. The highest BCUT2D eigenvalue weighted by molar-refractivity contribution is 9.10. The van der Waals surface area contributed by atoms with Gasteiger partial charge in [-0.2, -0.15) is 0 Å². The van der Waals surface area contributed by atoms with E-state index in [1.54, 1.807) is 12.1 Å². The zero-order valence-corrected chi connectivity index (χ0v) is 10.5. The Morgan fingerprint density at radius 1 is 1.62 bits per heavy atom. The van der Waals surface area contributed by atoms with Crippen molar-refractivity contribution in [3.8, 4) is 0 Å². The Hall–Kier alpha value is -0.850. The molecule has 0 saturated carbocycles. The number of nitro groups is 1. The number of alkyl halides is 1. The maximum absolute atomic E-state index is 10.6. The third kappa shape index (κ3) is 3.62. The Morgan fingerprint density at radius 2 is 2.31 bits per heavy atom. The first-order valence-corrected chi connectivity index (χ1v) is 5.79. The zero-order chi connectivity index (χ0) is 12.1. The molecule has 16 heavy (non-hydrogen) atoms. The van der Waals surface area contributed by atoms with Gasteiger partial charge in [-0.1, -0.05) is 0 Å². The van der Waals surface area contributed by atoms with Gasteiger partial charge in [-0.05, 0) is 28.1 Å². The van der Waals surface area contributed by atoms with E-state index in [-0.39, 0.29) is 18.1 Å². The lowest BCUT2D eigenvalue weighted by Crippen LogP contribution is -2.20. The second-order valence-corrected chi connectivity index (χ2v) is 4.28.